The first-order valence-corrected chi connectivity index (χ1v) is 4.76. The standard InChI is InChI=1S/C10H12O.C2H6/c1-8-6-4-3-5-7-10(8)9(2)11;1-2/h4-7H,3H2,1-2H3;1-2H3. The van der Waals surface area contributed by atoms with Gasteiger partial charge in [0.25, 0.3) is 0 Å². The fraction of sp³-hybridized carbons (Fsp3) is 0.417. The molecule has 1 nitrogen and oxygen atoms in total. The number of carbonyl (C=O) groups excluding carboxylic acids is 1. The van der Waals surface area contributed by atoms with Gasteiger partial charge in [-0.25, -0.2) is 0 Å². The van der Waals surface area contributed by atoms with Crippen LogP contribution in [0.4, 0.5) is 0 Å². The van der Waals surface area contributed by atoms with Crippen molar-refractivity contribution in [2.75, 3.05) is 0 Å². The number of carbonyl (C=O) groups is 1. The smallest absolute Gasteiger partial charge is 0.160 e. The minimum Gasteiger partial charge on any atom is -0.295 e. The predicted molar refractivity (Wildman–Crippen MR) is 57.6 cm³/mol. The molecule has 1 aliphatic rings. The van der Waals surface area contributed by atoms with Crippen molar-refractivity contribution in [3.63, 3.8) is 0 Å². The average molecular weight is 178 g/mol. The summed E-state index contributed by atoms with van der Waals surface area (Å²) in [6.07, 6.45) is 8.88. The molecule has 0 heterocycles. The first-order valence-electron chi connectivity index (χ1n) is 4.76. The average Bonchev–Trinajstić information content (AvgIpc) is 2.33. The molecule has 0 atom stereocenters. The normalized spacial score (nSPS) is 14.8. The molecular weight excluding hydrogens is 160 g/mol. The van der Waals surface area contributed by atoms with E-state index in [0.29, 0.717) is 0 Å². The van der Waals surface area contributed by atoms with Crippen LogP contribution in [0.3, 0.4) is 0 Å². The maximum Gasteiger partial charge on any atom is 0.160 e. The molecule has 0 amide bonds. The third kappa shape index (κ3) is 3.88. The van der Waals surface area contributed by atoms with Crippen LogP contribution in [0.25, 0.3) is 0 Å². The van der Waals surface area contributed by atoms with Crippen LogP contribution in [0.1, 0.15) is 34.1 Å². The van der Waals surface area contributed by atoms with Gasteiger partial charge in [0.1, 0.15) is 0 Å². The molecule has 0 radical (unpaired) electrons. The topological polar surface area (TPSA) is 17.1 Å². The summed E-state index contributed by atoms with van der Waals surface area (Å²) in [6.45, 7) is 7.56. The van der Waals surface area contributed by atoms with Gasteiger partial charge in [-0.2, -0.15) is 0 Å². The van der Waals surface area contributed by atoms with Gasteiger partial charge in [-0.1, -0.05) is 38.2 Å². The van der Waals surface area contributed by atoms with Crippen LogP contribution in [0, 0.1) is 0 Å². The van der Waals surface area contributed by atoms with Gasteiger partial charge in [0.15, 0.2) is 5.78 Å². The molecule has 0 saturated carbocycles. The summed E-state index contributed by atoms with van der Waals surface area (Å²) in [7, 11) is 0. The summed E-state index contributed by atoms with van der Waals surface area (Å²) in [5.74, 6) is 0.144. The van der Waals surface area contributed by atoms with Crippen molar-refractivity contribution in [2.45, 2.75) is 34.1 Å². The van der Waals surface area contributed by atoms with E-state index in [1.807, 2.05) is 39.0 Å². The first-order chi connectivity index (χ1) is 6.22. The summed E-state index contributed by atoms with van der Waals surface area (Å²) in [5, 5.41) is 0. The summed E-state index contributed by atoms with van der Waals surface area (Å²) in [5.41, 5.74) is 1.89. The third-order valence-corrected chi connectivity index (χ3v) is 1.73. The Hall–Kier alpha value is -1.11. The predicted octanol–water partition coefficient (Wildman–Crippen LogP) is 3.43. The molecule has 0 aromatic heterocycles. The van der Waals surface area contributed by atoms with Crippen molar-refractivity contribution < 1.29 is 4.79 Å². The van der Waals surface area contributed by atoms with E-state index in [4.69, 9.17) is 0 Å². The number of rotatable bonds is 1. The van der Waals surface area contributed by atoms with E-state index in [2.05, 4.69) is 6.08 Å². The lowest BCUT2D eigenvalue weighted by Crippen LogP contribution is -1.94. The fourth-order valence-electron chi connectivity index (χ4n) is 1.13. The van der Waals surface area contributed by atoms with Crippen molar-refractivity contribution >= 4 is 5.78 Å². The summed E-state index contributed by atoms with van der Waals surface area (Å²) < 4.78 is 0. The van der Waals surface area contributed by atoms with Crippen LogP contribution in [0.5, 0.6) is 0 Å². The Balaban J connectivity index is 0.000000671. The van der Waals surface area contributed by atoms with Crippen molar-refractivity contribution in [1.29, 1.82) is 0 Å². The molecule has 0 saturated heterocycles. The SMILES string of the molecule is CC.CC(=O)C1=C(C)C=CCC=C1. The minimum absolute atomic E-state index is 0.144. The van der Waals surface area contributed by atoms with Gasteiger partial charge in [0, 0.05) is 5.57 Å². The van der Waals surface area contributed by atoms with E-state index in [9.17, 15) is 4.79 Å². The molecule has 0 aromatic rings. The Morgan fingerprint density at radius 1 is 1.23 bits per heavy atom. The Labute approximate surface area is 80.8 Å². The number of ketones is 1. The van der Waals surface area contributed by atoms with Crippen LogP contribution < -0.4 is 0 Å². The Morgan fingerprint density at radius 2 is 1.77 bits per heavy atom. The van der Waals surface area contributed by atoms with Gasteiger partial charge in [-0.3, -0.25) is 4.79 Å². The molecule has 1 heteroatoms. The molecule has 1 rings (SSSR count). The highest BCUT2D eigenvalue weighted by Gasteiger charge is 2.03. The molecule has 0 fully saturated rings. The van der Waals surface area contributed by atoms with E-state index in [-0.39, 0.29) is 5.78 Å². The highest BCUT2D eigenvalue weighted by Crippen LogP contribution is 2.12. The van der Waals surface area contributed by atoms with Crippen LogP contribution in [-0.2, 0) is 4.79 Å². The van der Waals surface area contributed by atoms with Gasteiger partial charge >= 0.3 is 0 Å². The first kappa shape index (κ1) is 11.9. The lowest BCUT2D eigenvalue weighted by molar-refractivity contribution is -0.113. The molecular formula is C12H18O. The molecule has 1 aliphatic carbocycles. The molecule has 0 N–H and O–H groups in total. The molecule has 72 valence electrons. The van der Waals surface area contributed by atoms with Crippen LogP contribution in [0.15, 0.2) is 35.5 Å². The maximum absolute atomic E-state index is 11.0. The molecule has 0 bridgehead atoms. The summed E-state index contributed by atoms with van der Waals surface area (Å²) >= 11 is 0. The molecule has 0 spiro atoms. The van der Waals surface area contributed by atoms with Crippen molar-refractivity contribution in [1.82, 2.24) is 0 Å². The second-order valence-corrected chi connectivity index (χ2v) is 2.69. The lowest BCUT2D eigenvalue weighted by atomic mass is 10.1. The zero-order valence-electron chi connectivity index (χ0n) is 8.92. The van der Waals surface area contributed by atoms with Gasteiger partial charge in [-0.05, 0) is 25.8 Å². The second-order valence-electron chi connectivity index (χ2n) is 2.69. The maximum atomic E-state index is 11.0. The monoisotopic (exact) mass is 178 g/mol. The number of Topliss-reactive ketones (excluding diaryl/α,β-unsaturated/α-hetero) is 1. The van der Waals surface area contributed by atoms with E-state index in [0.717, 1.165) is 17.6 Å². The van der Waals surface area contributed by atoms with Crippen LogP contribution >= 0.6 is 0 Å². The summed E-state index contributed by atoms with van der Waals surface area (Å²) in [6, 6.07) is 0. The number of hydrogen-bond acceptors (Lipinski definition) is 1. The quantitative estimate of drug-likeness (QED) is 0.601. The van der Waals surface area contributed by atoms with Gasteiger partial charge in [0.2, 0.25) is 0 Å². The number of allylic oxidation sites excluding steroid dienone is 6. The summed E-state index contributed by atoms with van der Waals surface area (Å²) in [4.78, 5) is 11.0. The number of hydrogen-bond donors (Lipinski definition) is 0. The van der Waals surface area contributed by atoms with Gasteiger partial charge < -0.3 is 0 Å². The Bertz CT molecular complexity index is 254. The van der Waals surface area contributed by atoms with Crippen LogP contribution in [0.2, 0.25) is 0 Å². The van der Waals surface area contributed by atoms with E-state index < -0.39 is 0 Å². The van der Waals surface area contributed by atoms with Gasteiger partial charge in [0.05, 0.1) is 0 Å². The zero-order valence-corrected chi connectivity index (χ0v) is 8.92. The molecule has 0 unspecified atom stereocenters. The highest BCUT2D eigenvalue weighted by atomic mass is 16.1. The molecule has 0 aliphatic heterocycles. The lowest BCUT2D eigenvalue weighted by Gasteiger charge is -1.97. The van der Waals surface area contributed by atoms with E-state index in [1.54, 1.807) is 6.92 Å². The molecule has 0 aromatic carbocycles. The third-order valence-electron chi connectivity index (χ3n) is 1.73. The van der Waals surface area contributed by atoms with Crippen LogP contribution in [-0.4, -0.2) is 5.78 Å². The van der Waals surface area contributed by atoms with Crippen molar-refractivity contribution in [3.05, 3.63) is 35.5 Å². The minimum atomic E-state index is 0.144. The van der Waals surface area contributed by atoms with Crippen molar-refractivity contribution in [2.24, 2.45) is 0 Å². The van der Waals surface area contributed by atoms with E-state index in [1.165, 1.54) is 0 Å². The van der Waals surface area contributed by atoms with E-state index >= 15 is 0 Å². The fourth-order valence-corrected chi connectivity index (χ4v) is 1.13. The second kappa shape index (κ2) is 6.41. The zero-order chi connectivity index (χ0) is 10.3. The highest BCUT2D eigenvalue weighted by molar-refractivity contribution is 5.97. The van der Waals surface area contributed by atoms with Crippen molar-refractivity contribution in [3.8, 4) is 0 Å². The largest absolute Gasteiger partial charge is 0.295 e. The Morgan fingerprint density at radius 3 is 2.31 bits per heavy atom. The van der Waals surface area contributed by atoms with Gasteiger partial charge in [-0.15, -0.1) is 0 Å². The Kier molecular flexibility index (Phi) is 5.86. The molecule has 13 heavy (non-hydrogen) atoms.